The van der Waals surface area contributed by atoms with E-state index in [-0.39, 0.29) is 33.5 Å². The number of nitrogens with zero attached hydrogens (tertiary/aromatic N) is 1. The van der Waals surface area contributed by atoms with Crippen LogP contribution in [0.4, 0.5) is 5.69 Å². The third-order valence-corrected chi connectivity index (χ3v) is 3.09. The number of phenolic OH excluding ortho intramolecular Hbond substituents is 2. The highest BCUT2D eigenvalue weighted by atomic mass is 16.3. The van der Waals surface area contributed by atoms with Gasteiger partial charge in [0.1, 0.15) is 33.9 Å². The Labute approximate surface area is 111 Å². The second-order valence-corrected chi connectivity index (χ2v) is 4.47. The van der Waals surface area contributed by atoms with E-state index in [4.69, 9.17) is 4.42 Å². The first-order chi connectivity index (χ1) is 9.51. The average molecular weight is 271 g/mol. The van der Waals surface area contributed by atoms with Crippen LogP contribution in [-0.4, -0.2) is 10.2 Å². The first-order valence-corrected chi connectivity index (χ1v) is 5.78. The Bertz CT molecular complexity index is 926. The summed E-state index contributed by atoms with van der Waals surface area (Å²) in [7, 11) is 0. The molecule has 0 unspecified atom stereocenters. The molecule has 3 aromatic rings. The fraction of sp³-hybridized carbons (Fsp3) is 0.0714. The van der Waals surface area contributed by atoms with Gasteiger partial charge >= 0.3 is 0 Å². The summed E-state index contributed by atoms with van der Waals surface area (Å²) < 4.78 is 5.39. The topological polar surface area (TPSA) is 100 Å². The number of hydrogen-bond donors (Lipinski definition) is 2. The fourth-order valence-electron chi connectivity index (χ4n) is 2.31. The summed E-state index contributed by atoms with van der Waals surface area (Å²) in [6.45, 7) is 1.61. The van der Waals surface area contributed by atoms with Crippen molar-refractivity contribution in [3.63, 3.8) is 0 Å². The van der Waals surface area contributed by atoms with E-state index in [9.17, 15) is 19.9 Å². The van der Waals surface area contributed by atoms with Gasteiger partial charge in [-0.3, -0.25) is 4.79 Å². The largest absolute Gasteiger partial charge is 0.508 e. The summed E-state index contributed by atoms with van der Waals surface area (Å²) in [5.74, 6) is -0.142. The molecule has 0 amide bonds. The van der Waals surface area contributed by atoms with E-state index in [1.54, 1.807) is 6.92 Å². The third kappa shape index (κ3) is 1.62. The van der Waals surface area contributed by atoms with E-state index < -0.39 is 5.43 Å². The van der Waals surface area contributed by atoms with Crippen LogP contribution in [-0.2, 0) is 0 Å². The van der Waals surface area contributed by atoms with Crippen molar-refractivity contribution in [2.75, 3.05) is 0 Å². The maximum absolute atomic E-state index is 12.0. The van der Waals surface area contributed by atoms with E-state index in [1.165, 1.54) is 18.2 Å². The van der Waals surface area contributed by atoms with Crippen LogP contribution in [0.2, 0.25) is 0 Å². The number of hydrogen-bond acceptors (Lipinski definition) is 6. The molecule has 6 nitrogen and oxygen atoms in total. The van der Waals surface area contributed by atoms with Crippen molar-refractivity contribution in [2.45, 2.75) is 6.92 Å². The molecule has 0 saturated heterocycles. The minimum absolute atomic E-state index is 0.0151. The van der Waals surface area contributed by atoms with Crippen molar-refractivity contribution in [1.29, 1.82) is 0 Å². The highest BCUT2D eigenvalue weighted by Crippen LogP contribution is 2.40. The Morgan fingerprint density at radius 2 is 1.85 bits per heavy atom. The first-order valence-electron chi connectivity index (χ1n) is 5.78. The molecular formula is C14H9NO5. The van der Waals surface area contributed by atoms with E-state index >= 15 is 0 Å². The lowest BCUT2D eigenvalue weighted by atomic mass is 10.0. The fourth-order valence-corrected chi connectivity index (χ4v) is 2.31. The molecule has 100 valence electrons. The van der Waals surface area contributed by atoms with Crippen LogP contribution in [0.15, 0.2) is 38.7 Å². The molecule has 0 aliphatic heterocycles. The summed E-state index contributed by atoms with van der Waals surface area (Å²) in [4.78, 5) is 22.8. The molecule has 0 atom stereocenters. The monoisotopic (exact) mass is 271 g/mol. The predicted molar refractivity (Wildman–Crippen MR) is 73.5 cm³/mol. The van der Waals surface area contributed by atoms with E-state index in [0.717, 1.165) is 6.07 Å². The Morgan fingerprint density at radius 3 is 2.55 bits per heavy atom. The quantitative estimate of drug-likeness (QED) is 0.523. The zero-order valence-electron chi connectivity index (χ0n) is 10.4. The van der Waals surface area contributed by atoms with Crippen molar-refractivity contribution in [3.05, 3.63) is 45.2 Å². The van der Waals surface area contributed by atoms with Gasteiger partial charge in [0.2, 0.25) is 0 Å². The maximum Gasteiger partial charge on any atom is 0.196 e. The number of aromatic hydroxyl groups is 2. The Hall–Kier alpha value is -2.89. The van der Waals surface area contributed by atoms with Crippen molar-refractivity contribution in [2.24, 2.45) is 5.18 Å². The SMILES string of the molecule is Cc1cc(=O)c2c(O)c3c(N=O)cc(O)cc3cc2o1. The van der Waals surface area contributed by atoms with E-state index in [0.29, 0.717) is 11.1 Å². The van der Waals surface area contributed by atoms with Crippen LogP contribution in [0.3, 0.4) is 0 Å². The molecule has 0 saturated carbocycles. The summed E-state index contributed by atoms with van der Waals surface area (Å²) >= 11 is 0. The minimum Gasteiger partial charge on any atom is -0.508 e. The van der Waals surface area contributed by atoms with Crippen molar-refractivity contribution >= 4 is 27.4 Å². The number of nitroso groups, excluding NO2 is 1. The van der Waals surface area contributed by atoms with Gasteiger partial charge in [-0.15, -0.1) is 4.91 Å². The van der Waals surface area contributed by atoms with Crippen LogP contribution in [0.5, 0.6) is 11.5 Å². The Kier molecular flexibility index (Phi) is 2.47. The molecule has 1 aromatic heterocycles. The van der Waals surface area contributed by atoms with Crippen LogP contribution in [0.1, 0.15) is 5.76 Å². The molecule has 0 fully saturated rings. The molecule has 0 aliphatic rings. The lowest BCUT2D eigenvalue weighted by molar-refractivity contribution is 0.475. The number of aryl methyl sites for hydroxylation is 1. The highest BCUT2D eigenvalue weighted by molar-refractivity contribution is 6.08. The van der Waals surface area contributed by atoms with Crippen LogP contribution < -0.4 is 5.43 Å². The molecule has 2 aromatic carbocycles. The molecule has 6 heteroatoms. The van der Waals surface area contributed by atoms with Crippen molar-refractivity contribution in [1.82, 2.24) is 0 Å². The Balaban J connectivity index is 2.64. The Morgan fingerprint density at radius 1 is 1.10 bits per heavy atom. The van der Waals surface area contributed by atoms with Crippen LogP contribution in [0.25, 0.3) is 21.7 Å². The zero-order chi connectivity index (χ0) is 14.4. The van der Waals surface area contributed by atoms with Crippen LogP contribution >= 0.6 is 0 Å². The summed E-state index contributed by atoms with van der Waals surface area (Å²) in [5, 5.41) is 23.0. The molecule has 1 heterocycles. The maximum atomic E-state index is 12.0. The normalized spacial score (nSPS) is 11.1. The standard InChI is InChI=1S/C14H9NO5/c1-6-2-10(17)13-11(20-6)4-7-3-8(16)5-9(15-19)12(7)14(13)18/h2-5,16,18H,1H3. The molecule has 0 spiro atoms. The number of rotatable bonds is 1. The first kappa shape index (κ1) is 12.2. The van der Waals surface area contributed by atoms with E-state index in [1.807, 2.05) is 0 Å². The molecule has 0 bridgehead atoms. The lowest BCUT2D eigenvalue weighted by Gasteiger charge is -2.07. The second kappa shape index (κ2) is 4.06. The number of fused-ring (bicyclic) bond motifs is 2. The van der Waals surface area contributed by atoms with Gasteiger partial charge in [0.05, 0.1) is 5.39 Å². The van der Waals surface area contributed by atoms with Gasteiger partial charge in [0.15, 0.2) is 5.43 Å². The zero-order valence-corrected chi connectivity index (χ0v) is 10.4. The average Bonchev–Trinajstić information content (AvgIpc) is 2.36. The number of phenols is 2. The van der Waals surface area contributed by atoms with Crippen LogP contribution in [0, 0.1) is 11.8 Å². The van der Waals surface area contributed by atoms with Gasteiger partial charge in [0, 0.05) is 12.1 Å². The molecule has 20 heavy (non-hydrogen) atoms. The van der Waals surface area contributed by atoms with E-state index in [2.05, 4.69) is 5.18 Å². The summed E-state index contributed by atoms with van der Waals surface area (Å²) in [6.07, 6.45) is 0. The smallest absolute Gasteiger partial charge is 0.196 e. The van der Waals surface area contributed by atoms with Gasteiger partial charge in [0.25, 0.3) is 0 Å². The van der Waals surface area contributed by atoms with Gasteiger partial charge in [-0.1, -0.05) is 0 Å². The molecule has 3 rings (SSSR count). The second-order valence-electron chi connectivity index (χ2n) is 4.47. The third-order valence-electron chi connectivity index (χ3n) is 3.09. The van der Waals surface area contributed by atoms with Gasteiger partial charge in [-0.25, -0.2) is 0 Å². The summed E-state index contributed by atoms with van der Waals surface area (Å²) in [6, 6.07) is 5.21. The van der Waals surface area contributed by atoms with Gasteiger partial charge in [-0.2, -0.15) is 0 Å². The minimum atomic E-state index is -0.409. The summed E-state index contributed by atoms with van der Waals surface area (Å²) in [5.41, 5.74) is -0.366. The molecular weight excluding hydrogens is 262 g/mol. The molecule has 2 N–H and O–H groups in total. The molecule has 0 aliphatic carbocycles. The van der Waals surface area contributed by atoms with Crippen molar-refractivity contribution < 1.29 is 14.6 Å². The predicted octanol–water partition coefficient (Wildman–Crippen LogP) is 3.06. The van der Waals surface area contributed by atoms with Crippen molar-refractivity contribution in [3.8, 4) is 11.5 Å². The molecule has 0 radical (unpaired) electrons. The lowest BCUT2D eigenvalue weighted by Crippen LogP contribution is -2.00. The number of benzene rings is 2. The van der Waals surface area contributed by atoms with Gasteiger partial charge in [-0.05, 0) is 29.6 Å². The van der Waals surface area contributed by atoms with Gasteiger partial charge < -0.3 is 14.6 Å². The highest BCUT2D eigenvalue weighted by Gasteiger charge is 2.16.